The number of halogens is 1. The molecule has 15 heteroatoms. The second-order valence-electron chi connectivity index (χ2n) is 9.47. The molecule has 0 radical (unpaired) electrons. The minimum absolute atomic E-state index is 0.132. The Morgan fingerprint density at radius 3 is 2.66 bits per heavy atom. The molecule has 44 heavy (non-hydrogen) atoms. The molecule has 1 aliphatic heterocycles. The van der Waals surface area contributed by atoms with Crippen LogP contribution in [-0.2, 0) is 9.53 Å². The zero-order valence-electron chi connectivity index (χ0n) is 23.7. The van der Waals surface area contributed by atoms with E-state index >= 15 is 0 Å². The van der Waals surface area contributed by atoms with Crippen LogP contribution >= 0.6 is 39.0 Å². The number of carbonyl (C=O) groups is 1. The fourth-order valence-corrected chi connectivity index (χ4v) is 7.18. The number of nitro groups is 1. The number of hydrogen-bond acceptors (Lipinski definition) is 11. The van der Waals surface area contributed by atoms with Crippen LogP contribution in [0, 0.1) is 17.0 Å². The van der Waals surface area contributed by atoms with Crippen molar-refractivity contribution >= 4 is 56.8 Å². The third-order valence-corrected chi connectivity index (χ3v) is 9.14. The van der Waals surface area contributed by atoms with Crippen LogP contribution in [0.15, 0.2) is 82.8 Å². The highest BCUT2D eigenvalue weighted by atomic mass is 79.9. The van der Waals surface area contributed by atoms with Crippen LogP contribution in [0.3, 0.4) is 0 Å². The van der Waals surface area contributed by atoms with Crippen LogP contribution in [0.5, 0.6) is 5.75 Å². The van der Waals surface area contributed by atoms with Gasteiger partial charge in [-0.15, -0.1) is 0 Å². The van der Waals surface area contributed by atoms with Crippen molar-refractivity contribution in [1.82, 2.24) is 14.5 Å². The third-order valence-electron chi connectivity index (χ3n) is 6.55. The molecule has 0 saturated heterocycles. The van der Waals surface area contributed by atoms with Gasteiger partial charge < -0.3 is 14.5 Å². The molecule has 12 nitrogen and oxygen atoms in total. The Balaban J connectivity index is 1.72. The first-order valence-corrected chi connectivity index (χ1v) is 15.5. The minimum Gasteiger partial charge on any atom is -0.496 e. The van der Waals surface area contributed by atoms with Crippen molar-refractivity contribution in [2.24, 2.45) is 4.99 Å². The smallest absolute Gasteiger partial charge is 0.338 e. The van der Waals surface area contributed by atoms with Gasteiger partial charge in [0.25, 0.3) is 16.8 Å². The quantitative estimate of drug-likeness (QED) is 0.124. The van der Waals surface area contributed by atoms with E-state index in [-0.39, 0.29) is 28.0 Å². The maximum absolute atomic E-state index is 14.1. The maximum Gasteiger partial charge on any atom is 0.338 e. The van der Waals surface area contributed by atoms with Gasteiger partial charge in [0.2, 0.25) is 0 Å². The second kappa shape index (κ2) is 12.7. The Kier molecular flexibility index (Phi) is 8.99. The number of aryl methyl sites for hydroxylation is 1. The fourth-order valence-electron chi connectivity index (χ4n) is 4.66. The van der Waals surface area contributed by atoms with Crippen molar-refractivity contribution < 1.29 is 19.2 Å². The number of hydrogen-bond donors (Lipinski definition) is 1. The third kappa shape index (κ3) is 6.16. The molecule has 0 amide bonds. The number of non-ortho nitro benzene ring substituents is 1. The zero-order valence-corrected chi connectivity index (χ0v) is 27.0. The van der Waals surface area contributed by atoms with Crippen molar-refractivity contribution in [2.75, 3.05) is 13.7 Å². The van der Waals surface area contributed by atoms with E-state index in [2.05, 4.69) is 30.9 Å². The highest BCUT2D eigenvalue weighted by Gasteiger charge is 2.33. The number of thiazole rings is 1. The first kappa shape index (κ1) is 31.1. The average molecular weight is 699 g/mol. The Morgan fingerprint density at radius 2 is 2.00 bits per heavy atom. The van der Waals surface area contributed by atoms with Gasteiger partial charge in [0, 0.05) is 28.8 Å². The molecule has 2 aromatic carbocycles. The van der Waals surface area contributed by atoms with Crippen LogP contribution in [0.4, 0.5) is 5.69 Å². The molecule has 1 N–H and O–H groups in total. The number of fused-ring (bicyclic) bond motifs is 1. The monoisotopic (exact) mass is 697 g/mol. The van der Waals surface area contributed by atoms with Crippen LogP contribution in [0.2, 0.25) is 0 Å². The van der Waals surface area contributed by atoms with Crippen molar-refractivity contribution in [3.63, 3.8) is 0 Å². The number of aromatic amines is 1. The lowest BCUT2D eigenvalue weighted by Crippen LogP contribution is -2.40. The van der Waals surface area contributed by atoms with Gasteiger partial charge in [-0.1, -0.05) is 29.2 Å². The Morgan fingerprint density at radius 1 is 1.23 bits per heavy atom. The summed E-state index contributed by atoms with van der Waals surface area (Å²) in [6.07, 6.45) is 1.54. The number of aromatic nitrogens is 3. The number of nitro benzene ring substituents is 1. The molecule has 1 atom stereocenters. The molecule has 0 spiro atoms. The van der Waals surface area contributed by atoms with Crippen LogP contribution in [-0.4, -0.2) is 39.1 Å². The van der Waals surface area contributed by atoms with E-state index in [0.29, 0.717) is 47.6 Å². The molecular weight excluding hydrogens is 674 g/mol. The lowest BCUT2D eigenvalue weighted by molar-refractivity contribution is -0.384. The van der Waals surface area contributed by atoms with Crippen molar-refractivity contribution in [1.29, 1.82) is 0 Å². The van der Waals surface area contributed by atoms with Gasteiger partial charge in [0.05, 0.1) is 45.0 Å². The minimum atomic E-state index is -0.866. The number of ether oxygens (including phenoxy) is 2. The molecule has 226 valence electrons. The van der Waals surface area contributed by atoms with Crippen molar-refractivity contribution in [2.45, 2.75) is 36.9 Å². The number of benzene rings is 2. The highest BCUT2D eigenvalue weighted by molar-refractivity contribution is 9.10. The summed E-state index contributed by atoms with van der Waals surface area (Å²) >= 11 is 5.68. The zero-order chi connectivity index (χ0) is 31.7. The molecule has 0 fully saturated rings. The van der Waals surface area contributed by atoms with Gasteiger partial charge in [0.15, 0.2) is 9.96 Å². The predicted octanol–water partition coefficient (Wildman–Crippen LogP) is 4.02. The van der Waals surface area contributed by atoms with Crippen molar-refractivity contribution in [3.05, 3.63) is 115 Å². The second-order valence-corrected chi connectivity index (χ2v) is 12.4. The predicted molar refractivity (Wildman–Crippen MR) is 168 cm³/mol. The highest BCUT2D eigenvalue weighted by Crippen LogP contribution is 2.35. The van der Waals surface area contributed by atoms with Crippen LogP contribution < -0.4 is 25.2 Å². The molecule has 3 heterocycles. The summed E-state index contributed by atoms with van der Waals surface area (Å²) in [5.41, 5.74) is 1.12. The standard InChI is InChI=1S/C29H24BrN5O7S2/c1-5-42-27(38)24-15(3)32-29-34(25(24)16-6-8-20(41-4)19(30)12-16)26(37)22(44-29)13-17-11-18(35(39)40)7-9-21(17)43-28-31-14(2)10-23(36)33-28/h6-13,25H,5H2,1-4H3,(H,31,33,36)/b22-13+/t25-/m1/s1. The van der Waals surface area contributed by atoms with Gasteiger partial charge in [-0.25, -0.2) is 14.8 Å². The Labute approximate surface area is 266 Å². The first-order chi connectivity index (χ1) is 21.0. The van der Waals surface area contributed by atoms with E-state index in [1.54, 1.807) is 39.0 Å². The average Bonchev–Trinajstić information content (AvgIpc) is 3.26. The molecule has 1 aliphatic rings. The number of esters is 1. The lowest BCUT2D eigenvalue weighted by atomic mass is 9.96. The summed E-state index contributed by atoms with van der Waals surface area (Å²) in [6.45, 7) is 5.19. The van der Waals surface area contributed by atoms with E-state index in [9.17, 15) is 24.5 Å². The van der Waals surface area contributed by atoms with Crippen LogP contribution in [0.1, 0.15) is 36.7 Å². The largest absolute Gasteiger partial charge is 0.496 e. The number of rotatable bonds is 8. The Bertz CT molecular complexity index is 2100. The topological polar surface area (TPSA) is 159 Å². The normalized spacial score (nSPS) is 14.7. The summed E-state index contributed by atoms with van der Waals surface area (Å²) in [6, 6.07) is 9.96. The molecule has 0 bridgehead atoms. The number of nitrogens with zero attached hydrogens (tertiary/aromatic N) is 4. The Hall–Kier alpha value is -4.34. The SMILES string of the molecule is CCOC(=O)C1=C(C)N=c2s/c(=C/c3cc([N+](=O)[O-])ccc3Sc3nc(C)cc(=O)[nH]3)c(=O)n2[C@@H]1c1ccc(OC)c(Br)c1. The van der Waals surface area contributed by atoms with Gasteiger partial charge in [-0.05, 0) is 72.1 Å². The lowest BCUT2D eigenvalue weighted by Gasteiger charge is -2.25. The summed E-state index contributed by atoms with van der Waals surface area (Å²) in [7, 11) is 1.53. The van der Waals surface area contributed by atoms with E-state index in [1.807, 2.05) is 0 Å². The number of H-pyrrole nitrogens is 1. The van der Waals surface area contributed by atoms with Gasteiger partial charge in [-0.3, -0.25) is 24.3 Å². The number of nitrogens with one attached hydrogen (secondary N) is 1. The number of allylic oxidation sites excluding steroid dienone is 1. The first-order valence-electron chi connectivity index (χ1n) is 13.1. The maximum atomic E-state index is 14.1. The fraction of sp³-hybridized carbons (Fsp3) is 0.207. The molecule has 0 unspecified atom stereocenters. The number of carbonyl (C=O) groups excluding carboxylic acids is 1. The number of methoxy groups -OCH3 is 1. The van der Waals surface area contributed by atoms with Crippen molar-refractivity contribution in [3.8, 4) is 5.75 Å². The van der Waals surface area contributed by atoms with Gasteiger partial charge in [-0.2, -0.15) is 0 Å². The van der Waals surface area contributed by atoms with E-state index in [4.69, 9.17) is 9.47 Å². The van der Waals surface area contributed by atoms with Crippen LogP contribution in [0.25, 0.3) is 6.08 Å². The van der Waals surface area contributed by atoms with Gasteiger partial charge >= 0.3 is 5.97 Å². The van der Waals surface area contributed by atoms with E-state index in [1.165, 1.54) is 42.0 Å². The summed E-state index contributed by atoms with van der Waals surface area (Å²) in [5, 5.41) is 11.9. The molecular formula is C29H24BrN5O7S2. The summed E-state index contributed by atoms with van der Waals surface area (Å²) in [5.74, 6) is -0.0309. The molecule has 2 aromatic heterocycles. The summed E-state index contributed by atoms with van der Waals surface area (Å²) < 4.78 is 13.0. The molecule has 4 aromatic rings. The molecule has 0 aliphatic carbocycles. The molecule has 0 saturated carbocycles. The van der Waals surface area contributed by atoms with E-state index in [0.717, 1.165) is 23.1 Å². The summed E-state index contributed by atoms with van der Waals surface area (Å²) in [4.78, 5) is 62.8. The molecule has 5 rings (SSSR count). The van der Waals surface area contributed by atoms with E-state index < -0.39 is 22.5 Å². The van der Waals surface area contributed by atoms with Gasteiger partial charge in [0.1, 0.15) is 5.75 Å².